The van der Waals surface area contributed by atoms with Crippen LogP contribution in [0.3, 0.4) is 0 Å². The molecule has 1 fully saturated rings. The van der Waals surface area contributed by atoms with Crippen molar-refractivity contribution in [2.75, 3.05) is 26.2 Å². The van der Waals surface area contributed by atoms with Crippen LogP contribution in [0.25, 0.3) is 0 Å². The van der Waals surface area contributed by atoms with E-state index in [0.717, 1.165) is 38.3 Å². The second kappa shape index (κ2) is 6.13. The summed E-state index contributed by atoms with van der Waals surface area (Å²) in [5.41, 5.74) is 1.04. The Morgan fingerprint density at radius 3 is 2.50 bits per heavy atom. The normalized spacial score (nSPS) is 18.5. The van der Waals surface area contributed by atoms with Crippen LogP contribution in [0.4, 0.5) is 4.39 Å². The number of rotatable bonds is 3. The van der Waals surface area contributed by atoms with Crippen LogP contribution in [-0.2, 0) is 6.54 Å². The van der Waals surface area contributed by atoms with Crippen LogP contribution in [0.2, 0.25) is 0 Å². The van der Waals surface area contributed by atoms with Crippen LogP contribution in [0.15, 0.2) is 22.7 Å². The Hall–Kier alpha value is -0.450. The Morgan fingerprint density at radius 2 is 1.89 bits per heavy atom. The molecule has 1 aromatic carbocycles. The quantitative estimate of drug-likeness (QED) is 0.846. The molecular weight excluding hydrogens is 295 g/mol. The van der Waals surface area contributed by atoms with Crippen LogP contribution in [0.1, 0.15) is 19.4 Å². The number of hydrogen-bond donors (Lipinski definition) is 0. The minimum Gasteiger partial charge on any atom is -0.298 e. The number of nitrogens with zero attached hydrogens (tertiary/aromatic N) is 2. The molecule has 0 N–H and O–H groups in total. The average Bonchev–Trinajstić information content (AvgIpc) is 2.36. The van der Waals surface area contributed by atoms with Gasteiger partial charge < -0.3 is 0 Å². The molecule has 0 bridgehead atoms. The zero-order valence-electron chi connectivity index (χ0n) is 11.0. The first kappa shape index (κ1) is 14.0. The van der Waals surface area contributed by atoms with Gasteiger partial charge in [-0.1, -0.05) is 12.1 Å². The van der Waals surface area contributed by atoms with Gasteiger partial charge in [-0.15, -0.1) is 0 Å². The molecule has 100 valence electrons. The Bertz CT molecular complexity index is 401. The van der Waals surface area contributed by atoms with Gasteiger partial charge in [0.2, 0.25) is 0 Å². The summed E-state index contributed by atoms with van der Waals surface area (Å²) < 4.78 is 14.0. The van der Waals surface area contributed by atoms with Gasteiger partial charge in [0.1, 0.15) is 5.82 Å². The molecule has 1 aliphatic rings. The molecular formula is C14H20BrFN2. The van der Waals surface area contributed by atoms with Crippen molar-refractivity contribution >= 4 is 15.9 Å². The third-order valence-electron chi connectivity index (χ3n) is 3.56. The minimum absolute atomic E-state index is 0.173. The molecule has 0 unspecified atom stereocenters. The lowest BCUT2D eigenvalue weighted by Crippen LogP contribution is -2.48. The highest BCUT2D eigenvalue weighted by molar-refractivity contribution is 9.10. The Kier molecular flexibility index (Phi) is 4.76. The third kappa shape index (κ3) is 3.31. The van der Waals surface area contributed by atoms with Crippen LogP contribution in [0, 0.1) is 5.82 Å². The molecule has 18 heavy (non-hydrogen) atoms. The van der Waals surface area contributed by atoms with E-state index in [0.29, 0.717) is 10.5 Å². The summed E-state index contributed by atoms with van der Waals surface area (Å²) in [5.74, 6) is -0.173. The second-order valence-corrected chi connectivity index (χ2v) is 5.91. The molecule has 0 aliphatic carbocycles. The molecule has 4 heteroatoms. The van der Waals surface area contributed by atoms with E-state index in [9.17, 15) is 4.39 Å². The molecule has 2 rings (SSSR count). The van der Waals surface area contributed by atoms with E-state index in [4.69, 9.17) is 0 Å². The van der Waals surface area contributed by atoms with Crippen molar-refractivity contribution in [3.05, 3.63) is 34.1 Å². The molecule has 2 nitrogen and oxygen atoms in total. The van der Waals surface area contributed by atoms with Crippen molar-refractivity contribution in [1.29, 1.82) is 0 Å². The molecule has 1 saturated heterocycles. The van der Waals surface area contributed by atoms with Crippen LogP contribution in [-0.4, -0.2) is 42.0 Å². The smallest absolute Gasteiger partial charge is 0.137 e. The summed E-state index contributed by atoms with van der Waals surface area (Å²) in [7, 11) is 0. The minimum atomic E-state index is -0.173. The van der Waals surface area contributed by atoms with Gasteiger partial charge in [0.05, 0.1) is 4.47 Å². The Morgan fingerprint density at radius 1 is 1.22 bits per heavy atom. The van der Waals surface area contributed by atoms with Gasteiger partial charge in [-0.3, -0.25) is 9.80 Å². The van der Waals surface area contributed by atoms with Gasteiger partial charge in [0.25, 0.3) is 0 Å². The van der Waals surface area contributed by atoms with Crippen molar-refractivity contribution in [2.24, 2.45) is 0 Å². The summed E-state index contributed by atoms with van der Waals surface area (Å²) in [6.45, 7) is 9.61. The fraction of sp³-hybridized carbons (Fsp3) is 0.571. The zero-order chi connectivity index (χ0) is 13.1. The highest BCUT2D eigenvalue weighted by Crippen LogP contribution is 2.22. The van der Waals surface area contributed by atoms with E-state index < -0.39 is 0 Å². The summed E-state index contributed by atoms with van der Waals surface area (Å²) in [6, 6.07) is 5.87. The van der Waals surface area contributed by atoms with Gasteiger partial charge in [-0.05, 0) is 41.4 Å². The van der Waals surface area contributed by atoms with Gasteiger partial charge in [-0.2, -0.15) is 0 Å². The molecule has 0 saturated carbocycles. The van der Waals surface area contributed by atoms with E-state index in [1.807, 2.05) is 6.07 Å². The third-order valence-corrected chi connectivity index (χ3v) is 4.45. The maximum absolute atomic E-state index is 13.4. The highest BCUT2D eigenvalue weighted by atomic mass is 79.9. The van der Waals surface area contributed by atoms with E-state index in [2.05, 4.69) is 39.6 Å². The largest absolute Gasteiger partial charge is 0.298 e. The number of piperazine rings is 1. The van der Waals surface area contributed by atoms with E-state index in [-0.39, 0.29) is 5.82 Å². The first-order valence-electron chi connectivity index (χ1n) is 6.47. The molecule has 0 aromatic heterocycles. The fourth-order valence-electron chi connectivity index (χ4n) is 2.35. The molecule has 1 heterocycles. The molecule has 1 aromatic rings. The van der Waals surface area contributed by atoms with Crippen molar-refractivity contribution < 1.29 is 4.39 Å². The molecule has 0 atom stereocenters. The van der Waals surface area contributed by atoms with Crippen molar-refractivity contribution in [3.63, 3.8) is 0 Å². The number of halogens is 2. The predicted molar refractivity (Wildman–Crippen MR) is 76.1 cm³/mol. The molecule has 0 radical (unpaired) electrons. The topological polar surface area (TPSA) is 6.48 Å². The lowest BCUT2D eigenvalue weighted by molar-refractivity contribution is 0.104. The Labute approximate surface area is 117 Å². The fourth-order valence-corrected chi connectivity index (χ4v) is 2.74. The van der Waals surface area contributed by atoms with Gasteiger partial charge in [0, 0.05) is 38.8 Å². The first-order valence-corrected chi connectivity index (χ1v) is 7.26. The van der Waals surface area contributed by atoms with Crippen molar-refractivity contribution in [1.82, 2.24) is 9.80 Å². The maximum Gasteiger partial charge on any atom is 0.137 e. The highest BCUT2D eigenvalue weighted by Gasteiger charge is 2.19. The van der Waals surface area contributed by atoms with Crippen molar-refractivity contribution in [2.45, 2.75) is 26.4 Å². The van der Waals surface area contributed by atoms with Crippen LogP contribution in [0.5, 0.6) is 0 Å². The predicted octanol–water partition coefficient (Wildman–Crippen LogP) is 3.11. The Balaban J connectivity index is 1.94. The SMILES string of the molecule is CC(C)N1CCN(Cc2cccc(F)c2Br)CC1. The van der Waals surface area contributed by atoms with E-state index >= 15 is 0 Å². The van der Waals surface area contributed by atoms with Gasteiger partial charge in [0.15, 0.2) is 0 Å². The standard InChI is InChI=1S/C14H20BrFN2/c1-11(2)18-8-6-17(7-9-18)10-12-4-3-5-13(16)14(12)15/h3-5,11H,6-10H2,1-2H3. The maximum atomic E-state index is 13.4. The summed E-state index contributed by atoms with van der Waals surface area (Å²) >= 11 is 3.33. The molecule has 1 aliphatic heterocycles. The zero-order valence-corrected chi connectivity index (χ0v) is 12.6. The van der Waals surface area contributed by atoms with Crippen molar-refractivity contribution in [3.8, 4) is 0 Å². The number of benzene rings is 1. The van der Waals surface area contributed by atoms with E-state index in [1.54, 1.807) is 6.07 Å². The van der Waals surface area contributed by atoms with Gasteiger partial charge >= 0.3 is 0 Å². The van der Waals surface area contributed by atoms with Crippen LogP contribution >= 0.6 is 15.9 Å². The van der Waals surface area contributed by atoms with Crippen LogP contribution < -0.4 is 0 Å². The lowest BCUT2D eigenvalue weighted by atomic mass is 10.2. The van der Waals surface area contributed by atoms with E-state index in [1.165, 1.54) is 6.07 Å². The average molecular weight is 315 g/mol. The summed E-state index contributed by atoms with van der Waals surface area (Å²) in [4.78, 5) is 4.87. The molecule has 0 spiro atoms. The lowest BCUT2D eigenvalue weighted by Gasteiger charge is -2.37. The summed E-state index contributed by atoms with van der Waals surface area (Å²) in [5, 5.41) is 0. The van der Waals surface area contributed by atoms with Gasteiger partial charge in [-0.25, -0.2) is 4.39 Å². The monoisotopic (exact) mass is 314 g/mol. The summed E-state index contributed by atoms with van der Waals surface area (Å²) in [6.07, 6.45) is 0. The second-order valence-electron chi connectivity index (χ2n) is 5.12. The molecule has 0 amide bonds. The first-order chi connectivity index (χ1) is 8.58. The number of hydrogen-bond acceptors (Lipinski definition) is 2.